The quantitative estimate of drug-likeness (QED) is 0.645. The highest BCUT2D eigenvalue weighted by Crippen LogP contribution is 2.12. The van der Waals surface area contributed by atoms with Gasteiger partial charge in [-0.1, -0.05) is 30.3 Å². The molecule has 2 aromatic heterocycles. The smallest absolute Gasteiger partial charge is 0.314 e. The molecule has 124 valence electrons. The summed E-state index contributed by atoms with van der Waals surface area (Å²) in [6, 6.07) is 12.0. The van der Waals surface area contributed by atoms with E-state index in [1.165, 1.54) is 32.4 Å². The molecular formula is C16H16N4O4. The number of hydrogen-bond donors (Lipinski definition) is 2. The molecule has 0 amide bonds. The van der Waals surface area contributed by atoms with Crippen molar-refractivity contribution in [2.75, 3.05) is 0 Å². The van der Waals surface area contributed by atoms with Gasteiger partial charge in [0.2, 0.25) is 0 Å². The Kier molecular flexibility index (Phi) is 5.10. The van der Waals surface area contributed by atoms with Crippen molar-refractivity contribution >= 4 is 0 Å². The van der Waals surface area contributed by atoms with E-state index < -0.39 is 5.69 Å². The lowest BCUT2D eigenvalue weighted by Crippen LogP contribution is -2.32. The summed E-state index contributed by atoms with van der Waals surface area (Å²) >= 11 is 0. The molecule has 24 heavy (non-hydrogen) atoms. The molecule has 0 aliphatic rings. The Hall–Kier alpha value is -3.42. The number of H-pyrrole nitrogens is 2. The first-order valence-electron chi connectivity index (χ1n) is 7.00. The highest BCUT2D eigenvalue weighted by atomic mass is 16.2. The first-order chi connectivity index (χ1) is 11.4. The van der Waals surface area contributed by atoms with Crippen LogP contribution >= 0.6 is 0 Å². The molecule has 2 heterocycles. The molecule has 3 rings (SSSR count). The Balaban J connectivity index is 0.000000198. The zero-order valence-electron chi connectivity index (χ0n) is 13.1. The number of rotatable bonds is 1. The minimum Gasteiger partial charge on any atom is -0.314 e. The Bertz CT molecular complexity index is 998. The highest BCUT2D eigenvalue weighted by molar-refractivity contribution is 5.57. The number of aromatic nitrogens is 4. The van der Waals surface area contributed by atoms with Crippen LogP contribution in [0, 0.1) is 0 Å². The molecule has 0 spiro atoms. The van der Waals surface area contributed by atoms with Gasteiger partial charge in [-0.05, 0) is 5.56 Å². The lowest BCUT2D eigenvalue weighted by Gasteiger charge is -2.01. The minimum absolute atomic E-state index is 0.293. The third kappa shape index (κ3) is 3.86. The summed E-state index contributed by atoms with van der Waals surface area (Å²) in [5.41, 5.74) is -0.0174. The van der Waals surface area contributed by atoms with Crippen molar-refractivity contribution in [3.8, 4) is 11.3 Å². The third-order valence-electron chi connectivity index (χ3n) is 3.30. The number of benzene rings is 1. The average molecular weight is 328 g/mol. The minimum atomic E-state index is -0.402. The molecule has 2 N–H and O–H groups in total. The number of hydrogen-bond acceptors (Lipinski definition) is 4. The Morgan fingerprint density at radius 2 is 1.42 bits per heavy atom. The summed E-state index contributed by atoms with van der Waals surface area (Å²) < 4.78 is 2.03. The number of aromatic amines is 2. The first-order valence-corrected chi connectivity index (χ1v) is 7.00. The van der Waals surface area contributed by atoms with E-state index in [0.29, 0.717) is 5.69 Å². The molecule has 0 aliphatic heterocycles. The van der Waals surface area contributed by atoms with Gasteiger partial charge in [0.25, 0.3) is 11.1 Å². The SMILES string of the molecule is Cn1c(=O)cc(-c2ccccc2)[nH]c1=O.Cn1c(=O)cc[nH]c1=O. The first kappa shape index (κ1) is 16.9. The van der Waals surface area contributed by atoms with E-state index >= 15 is 0 Å². The fraction of sp³-hybridized carbons (Fsp3) is 0.125. The van der Waals surface area contributed by atoms with Gasteiger partial charge in [0.15, 0.2) is 0 Å². The van der Waals surface area contributed by atoms with E-state index in [1.54, 1.807) is 0 Å². The maximum atomic E-state index is 11.4. The van der Waals surface area contributed by atoms with Gasteiger partial charge in [-0.25, -0.2) is 9.59 Å². The molecule has 0 atom stereocenters. The monoisotopic (exact) mass is 328 g/mol. The van der Waals surface area contributed by atoms with E-state index in [0.717, 1.165) is 14.7 Å². The van der Waals surface area contributed by atoms with Gasteiger partial charge >= 0.3 is 11.4 Å². The van der Waals surface area contributed by atoms with E-state index in [9.17, 15) is 19.2 Å². The van der Waals surface area contributed by atoms with Crippen molar-refractivity contribution in [1.82, 2.24) is 19.1 Å². The van der Waals surface area contributed by atoms with Crippen molar-refractivity contribution in [1.29, 1.82) is 0 Å². The van der Waals surface area contributed by atoms with Crippen molar-refractivity contribution in [2.24, 2.45) is 14.1 Å². The van der Waals surface area contributed by atoms with Crippen molar-refractivity contribution in [2.45, 2.75) is 0 Å². The van der Waals surface area contributed by atoms with Crippen molar-refractivity contribution in [3.63, 3.8) is 0 Å². The van der Waals surface area contributed by atoms with Gasteiger partial charge in [0.05, 0.1) is 5.69 Å². The van der Waals surface area contributed by atoms with Gasteiger partial charge in [-0.3, -0.25) is 18.7 Å². The summed E-state index contributed by atoms with van der Waals surface area (Å²) in [6.45, 7) is 0. The lowest BCUT2D eigenvalue weighted by atomic mass is 10.1. The maximum absolute atomic E-state index is 11.4. The molecule has 0 radical (unpaired) electrons. The van der Waals surface area contributed by atoms with Crippen LogP contribution in [-0.4, -0.2) is 19.1 Å². The van der Waals surface area contributed by atoms with E-state index in [2.05, 4.69) is 9.97 Å². The van der Waals surface area contributed by atoms with E-state index in [4.69, 9.17) is 0 Å². The van der Waals surface area contributed by atoms with Gasteiger partial charge < -0.3 is 9.97 Å². The molecule has 8 heteroatoms. The molecule has 0 saturated carbocycles. The predicted molar refractivity (Wildman–Crippen MR) is 90.0 cm³/mol. The molecule has 0 bridgehead atoms. The molecule has 0 fully saturated rings. The second-order valence-electron chi connectivity index (χ2n) is 4.93. The second kappa shape index (κ2) is 7.23. The summed E-state index contributed by atoms with van der Waals surface area (Å²) in [7, 11) is 2.86. The molecule has 1 aromatic carbocycles. The Morgan fingerprint density at radius 1 is 0.792 bits per heavy atom. The topological polar surface area (TPSA) is 110 Å². The van der Waals surface area contributed by atoms with Crippen molar-refractivity contribution < 1.29 is 0 Å². The zero-order valence-corrected chi connectivity index (χ0v) is 13.1. The van der Waals surface area contributed by atoms with Crippen LogP contribution in [0.5, 0.6) is 0 Å². The normalized spacial score (nSPS) is 9.92. The number of nitrogens with zero attached hydrogens (tertiary/aromatic N) is 2. The molecule has 3 aromatic rings. The number of nitrogens with one attached hydrogen (secondary N) is 2. The van der Waals surface area contributed by atoms with Crippen LogP contribution in [0.1, 0.15) is 0 Å². The summed E-state index contributed by atoms with van der Waals surface area (Å²) in [6.07, 6.45) is 1.32. The van der Waals surface area contributed by atoms with E-state index in [1.807, 2.05) is 30.3 Å². The second-order valence-corrected chi connectivity index (χ2v) is 4.93. The summed E-state index contributed by atoms with van der Waals surface area (Å²) in [4.78, 5) is 48.8. The summed E-state index contributed by atoms with van der Waals surface area (Å²) in [5.74, 6) is 0. The predicted octanol–water partition coefficient (Wildman–Crippen LogP) is -0.186. The van der Waals surface area contributed by atoms with Gasteiger partial charge in [0, 0.05) is 32.4 Å². The molecule has 0 unspecified atom stereocenters. The standard InChI is InChI=1S/C11H10N2O2.C5H6N2O2/c1-13-10(14)7-9(12-11(13)15)8-5-3-2-4-6-8;1-7-4(8)2-3-6-5(7)9/h2-7H,1H3,(H,12,15);2-3H,1H3,(H,6,9). The van der Waals surface area contributed by atoms with Crippen molar-refractivity contribution in [3.05, 3.63) is 90.3 Å². The molecule has 0 aliphatic carbocycles. The van der Waals surface area contributed by atoms with Gasteiger partial charge in [-0.15, -0.1) is 0 Å². The Labute approximate surface area is 135 Å². The largest absolute Gasteiger partial charge is 0.328 e. The summed E-state index contributed by atoms with van der Waals surface area (Å²) in [5, 5.41) is 0. The van der Waals surface area contributed by atoms with Crippen LogP contribution in [0.15, 0.2) is 67.8 Å². The van der Waals surface area contributed by atoms with Crippen LogP contribution in [0.3, 0.4) is 0 Å². The van der Waals surface area contributed by atoms with E-state index in [-0.39, 0.29) is 16.8 Å². The molecular weight excluding hydrogens is 312 g/mol. The molecule has 8 nitrogen and oxygen atoms in total. The molecule has 0 saturated heterocycles. The van der Waals surface area contributed by atoms with Crippen LogP contribution in [0.4, 0.5) is 0 Å². The Morgan fingerprint density at radius 3 is 1.96 bits per heavy atom. The van der Waals surface area contributed by atoms with Crippen LogP contribution in [-0.2, 0) is 14.1 Å². The zero-order chi connectivity index (χ0) is 17.7. The van der Waals surface area contributed by atoms with Gasteiger partial charge in [0.1, 0.15) is 0 Å². The van der Waals surface area contributed by atoms with Crippen LogP contribution < -0.4 is 22.5 Å². The maximum Gasteiger partial charge on any atom is 0.328 e. The fourth-order valence-electron chi connectivity index (χ4n) is 1.82. The fourth-order valence-corrected chi connectivity index (χ4v) is 1.82. The third-order valence-corrected chi connectivity index (χ3v) is 3.30. The van der Waals surface area contributed by atoms with Crippen LogP contribution in [0.25, 0.3) is 11.3 Å². The highest BCUT2D eigenvalue weighted by Gasteiger charge is 2.01. The average Bonchev–Trinajstić information content (AvgIpc) is 2.58. The van der Waals surface area contributed by atoms with Gasteiger partial charge in [-0.2, -0.15) is 0 Å². The van der Waals surface area contributed by atoms with Crippen LogP contribution in [0.2, 0.25) is 0 Å². The lowest BCUT2D eigenvalue weighted by molar-refractivity contribution is 0.775.